The number of nitrogens with two attached hydrogens (primary N) is 1. The number of hydrogen-bond donors (Lipinski definition) is 1. The molecule has 0 unspecified atom stereocenters. The molecule has 0 fully saturated rings. The molecule has 0 saturated heterocycles. The molecule has 0 heterocycles. The molecule has 1 aliphatic rings. The van der Waals surface area contributed by atoms with Crippen molar-refractivity contribution in [1.82, 2.24) is 0 Å². The Morgan fingerprint density at radius 3 is 2.22 bits per heavy atom. The third-order valence-electron chi connectivity index (χ3n) is 3.33. The summed E-state index contributed by atoms with van der Waals surface area (Å²) in [6.45, 7) is 0. The number of ketones is 1. The minimum absolute atomic E-state index is 0.0338. The largest absolute Gasteiger partial charge is 0.395 e. The molecule has 2 N–H and O–H groups in total. The molecule has 0 aliphatic heterocycles. The molecule has 2 aromatic carbocycles. The van der Waals surface area contributed by atoms with Gasteiger partial charge >= 0.3 is 0 Å². The Labute approximate surface area is 141 Å². The summed E-state index contributed by atoms with van der Waals surface area (Å²) in [6, 6.07) is 12.8. The van der Waals surface area contributed by atoms with Crippen LogP contribution in [0.1, 0.15) is 15.9 Å². The van der Waals surface area contributed by atoms with Gasteiger partial charge in [0, 0.05) is 15.6 Å². The van der Waals surface area contributed by atoms with E-state index in [-0.39, 0.29) is 22.1 Å². The summed E-state index contributed by atoms with van der Waals surface area (Å²) < 4.78 is 29.5. The molecular weight excluding hydrogens is 380 g/mol. The van der Waals surface area contributed by atoms with E-state index in [4.69, 9.17) is 5.73 Å². The number of carbonyl (C=O) groups excluding carboxylic acids is 1. The fourth-order valence-electron chi connectivity index (χ4n) is 2.21. The fraction of sp³-hybridized carbons (Fsp3) is 0. The van der Waals surface area contributed by atoms with Gasteiger partial charge < -0.3 is 5.73 Å². The molecule has 0 saturated carbocycles. The SMILES string of the molecule is NC1=C/C(=N\S(=O)(=O)c2ccc(Br)cc2)c2ccccc2C1=O. The van der Waals surface area contributed by atoms with E-state index in [1.807, 2.05) is 0 Å². The lowest BCUT2D eigenvalue weighted by atomic mass is 9.93. The molecule has 0 aromatic heterocycles. The van der Waals surface area contributed by atoms with Crippen LogP contribution in [0.4, 0.5) is 0 Å². The lowest BCUT2D eigenvalue weighted by Crippen LogP contribution is -2.22. The first-order chi connectivity index (χ1) is 10.9. The monoisotopic (exact) mass is 390 g/mol. The second-order valence-electron chi connectivity index (χ2n) is 4.88. The Morgan fingerprint density at radius 1 is 0.957 bits per heavy atom. The van der Waals surface area contributed by atoms with E-state index in [9.17, 15) is 13.2 Å². The van der Waals surface area contributed by atoms with Crippen molar-refractivity contribution in [3.63, 3.8) is 0 Å². The van der Waals surface area contributed by atoms with Crippen molar-refractivity contribution in [1.29, 1.82) is 0 Å². The van der Waals surface area contributed by atoms with Gasteiger partial charge in [0.1, 0.15) is 0 Å². The summed E-state index contributed by atoms with van der Waals surface area (Å²) in [5.41, 5.74) is 6.61. The highest BCUT2D eigenvalue weighted by Gasteiger charge is 2.24. The van der Waals surface area contributed by atoms with Gasteiger partial charge in [-0.25, -0.2) is 0 Å². The van der Waals surface area contributed by atoms with Gasteiger partial charge in [-0.3, -0.25) is 4.79 Å². The van der Waals surface area contributed by atoms with Crippen molar-refractivity contribution in [2.75, 3.05) is 0 Å². The van der Waals surface area contributed by atoms with Gasteiger partial charge in [0.2, 0.25) is 5.78 Å². The molecule has 0 spiro atoms. The van der Waals surface area contributed by atoms with E-state index in [1.165, 1.54) is 18.2 Å². The van der Waals surface area contributed by atoms with E-state index in [1.54, 1.807) is 36.4 Å². The summed E-state index contributed by atoms with van der Waals surface area (Å²) in [6.07, 6.45) is 1.29. The maximum atomic E-state index is 12.5. The zero-order chi connectivity index (χ0) is 16.6. The van der Waals surface area contributed by atoms with Crippen LogP contribution in [-0.4, -0.2) is 19.9 Å². The van der Waals surface area contributed by atoms with Crippen molar-refractivity contribution in [3.8, 4) is 0 Å². The molecule has 1 aliphatic carbocycles. The van der Waals surface area contributed by atoms with E-state index >= 15 is 0 Å². The minimum Gasteiger partial charge on any atom is -0.395 e. The Hall–Kier alpha value is -2.25. The van der Waals surface area contributed by atoms with Crippen LogP contribution >= 0.6 is 15.9 Å². The van der Waals surface area contributed by atoms with Crippen molar-refractivity contribution in [2.45, 2.75) is 4.90 Å². The van der Waals surface area contributed by atoms with Crippen molar-refractivity contribution >= 4 is 37.4 Å². The Morgan fingerprint density at radius 2 is 1.57 bits per heavy atom. The maximum absolute atomic E-state index is 12.5. The highest BCUT2D eigenvalue weighted by molar-refractivity contribution is 9.10. The number of benzene rings is 2. The van der Waals surface area contributed by atoms with Gasteiger partial charge in [0.15, 0.2) is 0 Å². The van der Waals surface area contributed by atoms with Crippen molar-refractivity contribution in [3.05, 3.63) is 75.9 Å². The first kappa shape index (κ1) is 15.6. The number of hydrogen-bond acceptors (Lipinski definition) is 4. The number of halogens is 1. The quantitative estimate of drug-likeness (QED) is 0.853. The fourth-order valence-corrected chi connectivity index (χ4v) is 3.47. The predicted molar refractivity (Wildman–Crippen MR) is 90.9 cm³/mol. The van der Waals surface area contributed by atoms with Gasteiger partial charge in [-0.05, 0) is 30.3 Å². The molecule has 0 amide bonds. The second kappa shape index (κ2) is 5.75. The number of sulfonamides is 1. The molecule has 0 atom stereocenters. The van der Waals surface area contributed by atoms with E-state index in [0.717, 1.165) is 4.47 Å². The van der Waals surface area contributed by atoms with Crippen LogP contribution in [0.5, 0.6) is 0 Å². The number of rotatable bonds is 2. The van der Waals surface area contributed by atoms with E-state index in [2.05, 4.69) is 20.3 Å². The highest BCUT2D eigenvalue weighted by atomic mass is 79.9. The van der Waals surface area contributed by atoms with Crippen LogP contribution in [0.25, 0.3) is 0 Å². The topological polar surface area (TPSA) is 89.6 Å². The molecule has 7 heteroatoms. The normalized spacial score (nSPS) is 16.1. The molecule has 0 bridgehead atoms. The smallest absolute Gasteiger partial charge is 0.282 e. The van der Waals surface area contributed by atoms with Crippen LogP contribution in [0.3, 0.4) is 0 Å². The van der Waals surface area contributed by atoms with E-state index in [0.29, 0.717) is 11.1 Å². The zero-order valence-electron chi connectivity index (χ0n) is 11.7. The summed E-state index contributed by atoms with van der Waals surface area (Å²) >= 11 is 3.25. The van der Waals surface area contributed by atoms with Gasteiger partial charge in [-0.1, -0.05) is 40.2 Å². The molecule has 5 nitrogen and oxygen atoms in total. The van der Waals surface area contributed by atoms with Crippen LogP contribution in [-0.2, 0) is 10.0 Å². The molecule has 23 heavy (non-hydrogen) atoms. The number of Topliss-reactive ketones (excluding diaryl/α,β-unsaturated/α-hetero) is 1. The number of fused-ring (bicyclic) bond motifs is 1. The van der Waals surface area contributed by atoms with E-state index < -0.39 is 10.0 Å². The highest BCUT2D eigenvalue weighted by Crippen LogP contribution is 2.22. The lowest BCUT2D eigenvalue weighted by molar-refractivity contribution is 0.103. The first-order valence-electron chi connectivity index (χ1n) is 6.60. The molecular formula is C16H11BrN2O3S. The Kier molecular flexibility index (Phi) is 3.91. The number of allylic oxidation sites excluding steroid dienone is 2. The summed E-state index contributed by atoms with van der Waals surface area (Å²) in [4.78, 5) is 12.1. The second-order valence-corrected chi connectivity index (χ2v) is 7.40. The first-order valence-corrected chi connectivity index (χ1v) is 8.83. The Bertz CT molecular complexity index is 961. The van der Waals surface area contributed by atoms with Crippen LogP contribution in [0.15, 0.2) is 74.1 Å². The third kappa shape index (κ3) is 2.97. The average Bonchev–Trinajstić information content (AvgIpc) is 2.52. The minimum atomic E-state index is -3.90. The van der Waals surface area contributed by atoms with Gasteiger partial charge in [0.05, 0.1) is 16.3 Å². The predicted octanol–water partition coefficient (Wildman–Crippen LogP) is 2.67. The number of carbonyl (C=O) groups is 1. The van der Waals surface area contributed by atoms with Gasteiger partial charge in [0.25, 0.3) is 10.0 Å². The average molecular weight is 391 g/mol. The number of nitrogens with zero attached hydrogens (tertiary/aromatic N) is 1. The molecule has 2 aromatic rings. The molecule has 0 radical (unpaired) electrons. The van der Waals surface area contributed by atoms with Crippen LogP contribution < -0.4 is 5.73 Å². The maximum Gasteiger partial charge on any atom is 0.282 e. The lowest BCUT2D eigenvalue weighted by Gasteiger charge is -2.14. The Balaban J connectivity index is 2.15. The molecule has 116 valence electrons. The van der Waals surface area contributed by atoms with Crippen molar-refractivity contribution < 1.29 is 13.2 Å². The molecule has 3 rings (SSSR count). The van der Waals surface area contributed by atoms with Crippen LogP contribution in [0.2, 0.25) is 0 Å². The zero-order valence-corrected chi connectivity index (χ0v) is 14.1. The third-order valence-corrected chi connectivity index (χ3v) is 5.17. The van der Waals surface area contributed by atoms with Crippen molar-refractivity contribution in [2.24, 2.45) is 10.1 Å². The summed E-state index contributed by atoms with van der Waals surface area (Å²) in [5.74, 6) is -0.333. The van der Waals surface area contributed by atoms with Crippen LogP contribution in [0, 0.1) is 0 Å². The standard InChI is InChI=1S/C16H11BrN2O3S/c17-10-5-7-11(8-6-10)23(21,22)19-15-9-14(18)16(20)13-4-2-1-3-12(13)15/h1-9H,18H2/b19-15+. The summed E-state index contributed by atoms with van der Waals surface area (Å²) in [7, 11) is -3.90. The van der Waals surface area contributed by atoms with Gasteiger partial charge in [-0.2, -0.15) is 12.8 Å². The van der Waals surface area contributed by atoms with Gasteiger partial charge in [-0.15, -0.1) is 0 Å². The summed E-state index contributed by atoms with van der Waals surface area (Å²) in [5, 5.41) is 0.